The number of carbonyl (C=O) groups excluding carboxylic acids is 3. The molecule has 2 bridgehead atoms. The largest absolute Gasteiger partial charge is 0.504 e. The number of esters is 1. The van der Waals surface area contributed by atoms with Gasteiger partial charge in [-0.25, -0.2) is 0 Å². The molecule has 2 amide bonds. The normalized spacial score (nSPS) is 25.0. The summed E-state index contributed by atoms with van der Waals surface area (Å²) >= 11 is 0. The number of nitriles is 1. The molecule has 0 saturated carbocycles. The Balaban J connectivity index is 1.36. The van der Waals surface area contributed by atoms with Gasteiger partial charge in [-0.1, -0.05) is 18.2 Å². The lowest BCUT2D eigenvalue weighted by Gasteiger charge is -2.57. The standard InChI is InChI=1S/C35H32N4O8/c1-15-9-18-10-22-24(12-36)39-23(28(37-22)26(18)29(41)30(15)44-4)11-21-27(33-32(45-14-46-33)16(2)31(21)47-17(3)40)25(39)13-38-34(42)19-7-5-6-8-20(19)35(38)43/h5-9,22-25,28,37,41H,10-11,13-14H2,1-4H3/t22-,23-,24-,25-,28-/m0/s1. The van der Waals surface area contributed by atoms with Crippen LogP contribution in [0.3, 0.4) is 0 Å². The zero-order chi connectivity index (χ0) is 32.9. The van der Waals surface area contributed by atoms with E-state index in [4.69, 9.17) is 18.9 Å². The molecule has 8 rings (SSSR count). The van der Waals surface area contributed by atoms with E-state index in [9.17, 15) is 24.8 Å². The van der Waals surface area contributed by atoms with Crippen LogP contribution in [0.5, 0.6) is 28.7 Å². The van der Waals surface area contributed by atoms with E-state index in [1.165, 1.54) is 18.9 Å². The number of rotatable bonds is 4. The van der Waals surface area contributed by atoms with Gasteiger partial charge in [-0.15, -0.1) is 0 Å². The maximum Gasteiger partial charge on any atom is 0.308 e. The summed E-state index contributed by atoms with van der Waals surface area (Å²) in [6.07, 6.45) is 0.758. The van der Waals surface area contributed by atoms with Gasteiger partial charge in [-0.05, 0) is 49.9 Å². The number of carbonyl (C=O) groups is 3. The molecule has 12 nitrogen and oxygen atoms in total. The van der Waals surface area contributed by atoms with E-state index >= 15 is 0 Å². The van der Waals surface area contributed by atoms with Gasteiger partial charge in [0.1, 0.15) is 11.8 Å². The lowest BCUT2D eigenvalue weighted by molar-refractivity contribution is -0.132. The smallest absolute Gasteiger partial charge is 0.308 e. The van der Waals surface area contributed by atoms with Crippen LogP contribution in [-0.4, -0.2) is 71.3 Å². The molecule has 0 spiro atoms. The maximum absolute atomic E-state index is 13.7. The highest BCUT2D eigenvalue weighted by Gasteiger charge is 2.55. The van der Waals surface area contributed by atoms with E-state index in [0.717, 1.165) is 11.1 Å². The highest BCUT2D eigenvalue weighted by atomic mass is 16.7. The number of piperazine rings is 1. The molecule has 3 aromatic carbocycles. The Morgan fingerprint density at radius 2 is 1.79 bits per heavy atom. The van der Waals surface area contributed by atoms with Gasteiger partial charge in [0.05, 0.1) is 36.4 Å². The average molecular weight is 637 g/mol. The lowest BCUT2D eigenvalue weighted by Crippen LogP contribution is -2.68. The van der Waals surface area contributed by atoms with Gasteiger partial charge in [0.2, 0.25) is 6.79 Å². The summed E-state index contributed by atoms with van der Waals surface area (Å²) in [6.45, 7) is 4.83. The van der Waals surface area contributed by atoms with E-state index in [2.05, 4.69) is 16.3 Å². The van der Waals surface area contributed by atoms with Crippen LogP contribution in [0.4, 0.5) is 0 Å². The number of aryl methyl sites for hydroxylation is 1. The van der Waals surface area contributed by atoms with Crippen molar-refractivity contribution >= 4 is 17.8 Å². The Labute approximate surface area is 270 Å². The maximum atomic E-state index is 13.7. The molecule has 2 N–H and O–H groups in total. The van der Waals surface area contributed by atoms with Gasteiger partial charge >= 0.3 is 5.97 Å². The number of hydrogen-bond acceptors (Lipinski definition) is 11. The molecular formula is C35H32N4O8. The summed E-state index contributed by atoms with van der Waals surface area (Å²) in [5, 5.41) is 26.0. The second-order valence-electron chi connectivity index (χ2n) is 12.7. The van der Waals surface area contributed by atoms with E-state index < -0.39 is 42.0 Å². The second-order valence-corrected chi connectivity index (χ2v) is 12.7. The Hall–Kier alpha value is -5.12. The zero-order valence-electron chi connectivity index (χ0n) is 26.2. The number of methoxy groups -OCH3 is 1. The summed E-state index contributed by atoms with van der Waals surface area (Å²) in [5.41, 5.74) is 4.85. The quantitative estimate of drug-likeness (QED) is 0.246. The van der Waals surface area contributed by atoms with Crippen LogP contribution in [0.25, 0.3) is 0 Å². The average Bonchev–Trinajstić information content (AvgIpc) is 3.63. The van der Waals surface area contributed by atoms with E-state index in [-0.39, 0.29) is 25.1 Å². The molecule has 1 saturated heterocycles. The molecule has 47 heavy (non-hydrogen) atoms. The minimum atomic E-state index is -0.746. The van der Waals surface area contributed by atoms with Crippen LogP contribution in [-0.2, 0) is 17.6 Å². The number of amides is 2. The molecule has 5 atom stereocenters. The number of phenols is 1. The van der Waals surface area contributed by atoms with Crippen molar-refractivity contribution in [1.29, 1.82) is 5.26 Å². The third kappa shape index (κ3) is 4.03. The Morgan fingerprint density at radius 1 is 1.09 bits per heavy atom. The fourth-order valence-corrected chi connectivity index (χ4v) is 8.45. The van der Waals surface area contributed by atoms with Crippen LogP contribution in [0.15, 0.2) is 30.3 Å². The summed E-state index contributed by atoms with van der Waals surface area (Å²) in [6, 6.07) is 8.49. The minimum absolute atomic E-state index is 0.0265. The van der Waals surface area contributed by atoms with Crippen LogP contribution in [0.2, 0.25) is 0 Å². The van der Waals surface area contributed by atoms with Crippen molar-refractivity contribution in [3.63, 3.8) is 0 Å². The number of aromatic hydroxyl groups is 1. The van der Waals surface area contributed by atoms with Crippen molar-refractivity contribution in [3.8, 4) is 34.8 Å². The van der Waals surface area contributed by atoms with Gasteiger partial charge < -0.3 is 29.4 Å². The van der Waals surface area contributed by atoms with Crippen molar-refractivity contribution in [2.24, 2.45) is 0 Å². The number of fused-ring (bicyclic) bond motifs is 10. The number of imide groups is 1. The topological polar surface area (TPSA) is 151 Å². The first kappa shape index (κ1) is 29.3. The number of hydrogen-bond donors (Lipinski definition) is 2. The fourth-order valence-electron chi connectivity index (χ4n) is 8.45. The first-order valence-electron chi connectivity index (χ1n) is 15.6. The monoisotopic (exact) mass is 636 g/mol. The summed E-state index contributed by atoms with van der Waals surface area (Å²) in [5.74, 6) is 0.194. The predicted molar refractivity (Wildman–Crippen MR) is 165 cm³/mol. The highest BCUT2D eigenvalue weighted by molar-refractivity contribution is 6.21. The van der Waals surface area contributed by atoms with Crippen molar-refractivity contribution < 1.29 is 38.4 Å². The minimum Gasteiger partial charge on any atom is -0.504 e. The molecule has 0 aromatic heterocycles. The molecule has 0 unspecified atom stereocenters. The lowest BCUT2D eigenvalue weighted by atomic mass is 9.72. The van der Waals surface area contributed by atoms with E-state index in [0.29, 0.717) is 69.2 Å². The van der Waals surface area contributed by atoms with Crippen molar-refractivity contribution in [3.05, 3.63) is 74.8 Å². The van der Waals surface area contributed by atoms with Gasteiger partial charge in [-0.3, -0.25) is 24.2 Å². The molecule has 5 aliphatic rings. The Bertz CT molecular complexity index is 1930. The number of phenolic OH excluding ortho intramolecular Hbond substituents is 1. The summed E-state index contributed by atoms with van der Waals surface area (Å²) in [7, 11) is 1.51. The molecule has 5 aliphatic heterocycles. The molecule has 3 aromatic rings. The number of nitrogens with zero attached hydrogens (tertiary/aromatic N) is 3. The molecule has 1 fully saturated rings. The van der Waals surface area contributed by atoms with Gasteiger partial charge in [-0.2, -0.15) is 5.26 Å². The zero-order valence-corrected chi connectivity index (χ0v) is 26.2. The Kier molecular flexibility index (Phi) is 6.51. The van der Waals surface area contributed by atoms with Crippen molar-refractivity contribution in [1.82, 2.24) is 15.1 Å². The predicted octanol–water partition coefficient (Wildman–Crippen LogP) is 3.40. The second kappa shape index (κ2) is 10.4. The molecule has 0 aliphatic carbocycles. The van der Waals surface area contributed by atoms with Crippen LogP contribution < -0.4 is 24.3 Å². The molecule has 5 heterocycles. The highest BCUT2D eigenvalue weighted by Crippen LogP contribution is 2.57. The fraction of sp³-hybridized carbons (Fsp3) is 0.371. The number of benzene rings is 3. The third-order valence-electron chi connectivity index (χ3n) is 10.2. The Morgan fingerprint density at radius 3 is 2.45 bits per heavy atom. The van der Waals surface area contributed by atoms with Crippen LogP contribution in [0, 0.1) is 25.2 Å². The van der Waals surface area contributed by atoms with E-state index in [1.807, 2.05) is 13.0 Å². The third-order valence-corrected chi connectivity index (χ3v) is 10.2. The first-order valence-corrected chi connectivity index (χ1v) is 15.6. The molecular weight excluding hydrogens is 604 g/mol. The molecule has 240 valence electrons. The van der Waals surface area contributed by atoms with Gasteiger partial charge in [0.25, 0.3) is 11.8 Å². The summed E-state index contributed by atoms with van der Waals surface area (Å²) < 4.78 is 23.4. The number of ether oxygens (including phenoxy) is 4. The van der Waals surface area contributed by atoms with Gasteiger partial charge in [0, 0.05) is 47.8 Å². The number of nitrogens with one attached hydrogen (secondary N) is 1. The van der Waals surface area contributed by atoms with Crippen molar-refractivity contribution in [2.45, 2.75) is 63.8 Å². The first-order chi connectivity index (χ1) is 22.6. The molecule has 12 heteroatoms. The van der Waals surface area contributed by atoms with Crippen LogP contribution in [0.1, 0.15) is 73.1 Å². The molecule has 0 radical (unpaired) electrons. The van der Waals surface area contributed by atoms with Gasteiger partial charge in [0.15, 0.2) is 23.0 Å². The summed E-state index contributed by atoms with van der Waals surface area (Å²) in [4.78, 5) is 43.3. The van der Waals surface area contributed by atoms with Crippen LogP contribution >= 0.6 is 0 Å². The van der Waals surface area contributed by atoms with Crippen molar-refractivity contribution in [2.75, 3.05) is 20.4 Å². The SMILES string of the molecule is COc1c(C)cc2c(c1O)[C@H]1N[C@@H](C2)[C@H](C#N)N2[C@@H](CN3C(=O)c4ccccc4C3=O)c3c(c(OC(C)=O)c(C)c4c3OCO4)C[C@@H]12. The van der Waals surface area contributed by atoms with E-state index in [1.54, 1.807) is 31.2 Å².